The Hall–Kier alpha value is -2.32. The molecule has 0 atom stereocenters. The van der Waals surface area contributed by atoms with Gasteiger partial charge in [0.05, 0.1) is 17.7 Å². The van der Waals surface area contributed by atoms with Crippen molar-refractivity contribution in [1.82, 2.24) is 15.1 Å². The summed E-state index contributed by atoms with van der Waals surface area (Å²) in [5, 5.41) is 10.3. The van der Waals surface area contributed by atoms with Crippen molar-refractivity contribution < 1.29 is 13.9 Å². The highest BCUT2D eigenvalue weighted by Gasteiger charge is 2.14. The van der Waals surface area contributed by atoms with Crippen molar-refractivity contribution in [2.24, 2.45) is 0 Å². The third kappa shape index (κ3) is 4.61. The molecular weight excluding hydrogens is 358 g/mol. The molecule has 0 radical (unpaired) electrons. The summed E-state index contributed by atoms with van der Waals surface area (Å²) in [4.78, 5) is 14.9. The van der Waals surface area contributed by atoms with Gasteiger partial charge in [0.1, 0.15) is 5.75 Å². The maximum atomic E-state index is 12.3. The van der Waals surface area contributed by atoms with E-state index >= 15 is 0 Å². The predicted octanol–water partition coefficient (Wildman–Crippen LogP) is 3.56. The largest absolute Gasteiger partial charge is 0.497 e. The number of methoxy groups -OCH3 is 1. The third-order valence-corrected chi connectivity index (χ3v) is 5.10. The number of aromatic nitrogens is 2. The molecule has 0 unspecified atom stereocenters. The zero-order chi connectivity index (χ0) is 17.6. The van der Waals surface area contributed by atoms with Gasteiger partial charge in [-0.2, -0.15) is 0 Å². The fraction of sp³-hybridized carbons (Fsp3) is 0.235. The topological polar surface area (TPSA) is 68.5 Å². The molecule has 1 aromatic carbocycles. The molecule has 0 aliphatic heterocycles. The Kier molecular flexibility index (Phi) is 5.72. The number of thiophene rings is 1. The van der Waals surface area contributed by atoms with Gasteiger partial charge in [0, 0.05) is 13.6 Å². The van der Waals surface area contributed by atoms with Crippen LogP contribution in [0.4, 0.5) is 0 Å². The van der Waals surface area contributed by atoms with Crippen LogP contribution < -0.4 is 4.74 Å². The lowest BCUT2D eigenvalue weighted by atomic mass is 10.2. The van der Waals surface area contributed by atoms with Crippen molar-refractivity contribution in [3.8, 4) is 16.5 Å². The summed E-state index contributed by atoms with van der Waals surface area (Å²) in [7, 11) is 3.40. The van der Waals surface area contributed by atoms with E-state index in [0.29, 0.717) is 17.7 Å². The molecule has 2 heterocycles. The van der Waals surface area contributed by atoms with Crippen LogP contribution in [0.25, 0.3) is 10.8 Å². The molecule has 0 aliphatic rings. The summed E-state index contributed by atoms with van der Waals surface area (Å²) in [5.74, 6) is 1.49. The number of hydrogen-bond donors (Lipinski definition) is 0. The molecule has 130 valence electrons. The lowest BCUT2D eigenvalue weighted by Gasteiger charge is -2.17. The summed E-state index contributed by atoms with van der Waals surface area (Å²) in [6.07, 6.45) is 0. The van der Waals surface area contributed by atoms with Crippen molar-refractivity contribution in [3.05, 3.63) is 47.3 Å². The second kappa shape index (κ2) is 8.17. The van der Waals surface area contributed by atoms with E-state index in [1.165, 1.54) is 23.1 Å². The minimum atomic E-state index is -0.0105. The van der Waals surface area contributed by atoms with Gasteiger partial charge < -0.3 is 14.1 Å². The van der Waals surface area contributed by atoms with Gasteiger partial charge in [0.15, 0.2) is 0 Å². The van der Waals surface area contributed by atoms with Gasteiger partial charge in [-0.3, -0.25) is 4.79 Å². The van der Waals surface area contributed by atoms with Gasteiger partial charge in [-0.1, -0.05) is 30.0 Å². The van der Waals surface area contributed by atoms with Crippen LogP contribution in [-0.4, -0.2) is 40.9 Å². The number of carbonyl (C=O) groups excluding carboxylic acids is 1. The normalized spacial score (nSPS) is 10.6. The lowest BCUT2D eigenvalue weighted by molar-refractivity contribution is -0.127. The molecule has 6 nitrogen and oxygen atoms in total. The van der Waals surface area contributed by atoms with E-state index in [2.05, 4.69) is 10.2 Å². The number of benzene rings is 1. The van der Waals surface area contributed by atoms with Crippen LogP contribution in [0.1, 0.15) is 5.56 Å². The molecule has 0 bridgehead atoms. The molecule has 3 aromatic rings. The molecule has 8 heteroatoms. The number of thioether (sulfide) groups is 1. The lowest BCUT2D eigenvalue weighted by Crippen LogP contribution is -2.27. The first-order chi connectivity index (χ1) is 12.2. The molecule has 0 N–H and O–H groups in total. The number of hydrogen-bond acceptors (Lipinski definition) is 7. The third-order valence-electron chi connectivity index (χ3n) is 3.44. The van der Waals surface area contributed by atoms with Crippen LogP contribution in [0.2, 0.25) is 0 Å². The van der Waals surface area contributed by atoms with Gasteiger partial charge in [0.2, 0.25) is 5.91 Å². The second-order valence-electron chi connectivity index (χ2n) is 5.24. The van der Waals surface area contributed by atoms with Crippen molar-refractivity contribution in [3.63, 3.8) is 0 Å². The van der Waals surface area contributed by atoms with Gasteiger partial charge in [-0.05, 0) is 29.1 Å². The van der Waals surface area contributed by atoms with Crippen molar-refractivity contribution in [2.75, 3.05) is 19.9 Å². The van der Waals surface area contributed by atoms with E-state index in [1.807, 2.05) is 41.8 Å². The monoisotopic (exact) mass is 375 g/mol. The fourth-order valence-corrected chi connectivity index (χ4v) is 3.48. The molecule has 0 spiro atoms. The number of carbonyl (C=O) groups is 1. The van der Waals surface area contributed by atoms with Crippen LogP contribution in [0.3, 0.4) is 0 Å². The van der Waals surface area contributed by atoms with Crippen molar-refractivity contribution >= 4 is 29.0 Å². The highest BCUT2D eigenvalue weighted by Crippen LogP contribution is 2.26. The predicted molar refractivity (Wildman–Crippen MR) is 97.8 cm³/mol. The Bertz CT molecular complexity index is 833. The van der Waals surface area contributed by atoms with Crippen molar-refractivity contribution in [2.45, 2.75) is 11.8 Å². The van der Waals surface area contributed by atoms with Crippen LogP contribution >= 0.6 is 23.1 Å². The number of rotatable bonds is 7. The van der Waals surface area contributed by atoms with Gasteiger partial charge in [-0.15, -0.1) is 21.5 Å². The summed E-state index contributed by atoms with van der Waals surface area (Å²) in [6, 6.07) is 11.5. The molecule has 0 saturated carbocycles. The highest BCUT2D eigenvalue weighted by atomic mass is 32.2. The molecular formula is C17H17N3O3S2. The highest BCUT2D eigenvalue weighted by molar-refractivity contribution is 7.99. The zero-order valence-electron chi connectivity index (χ0n) is 13.8. The van der Waals surface area contributed by atoms with Crippen molar-refractivity contribution in [1.29, 1.82) is 0 Å². The Balaban J connectivity index is 1.53. The smallest absolute Gasteiger partial charge is 0.277 e. The van der Waals surface area contributed by atoms with Crippen LogP contribution in [0.5, 0.6) is 5.75 Å². The number of nitrogens with zero attached hydrogens (tertiary/aromatic N) is 3. The standard InChI is InChI=1S/C17H17N3O3S2/c1-20(10-12-5-3-6-13(9-12)22-2)15(21)11-25-17-19-18-16(23-17)14-7-4-8-24-14/h3-9H,10-11H2,1-2H3. The fourth-order valence-electron chi connectivity index (χ4n) is 2.13. The first-order valence-corrected chi connectivity index (χ1v) is 9.39. The van der Waals surface area contributed by atoms with Gasteiger partial charge in [0.25, 0.3) is 11.1 Å². The molecule has 0 fully saturated rings. The molecule has 25 heavy (non-hydrogen) atoms. The van der Waals surface area contributed by atoms with Gasteiger partial charge in [-0.25, -0.2) is 0 Å². The van der Waals surface area contributed by atoms with Crippen LogP contribution in [0, 0.1) is 0 Å². The molecule has 0 aliphatic carbocycles. The van der Waals surface area contributed by atoms with Crippen LogP contribution in [-0.2, 0) is 11.3 Å². The van der Waals surface area contributed by atoms with E-state index in [1.54, 1.807) is 19.1 Å². The van der Waals surface area contributed by atoms with Gasteiger partial charge >= 0.3 is 0 Å². The van der Waals surface area contributed by atoms with E-state index in [-0.39, 0.29) is 11.7 Å². The summed E-state index contributed by atoms with van der Waals surface area (Å²) >= 11 is 2.77. The second-order valence-corrected chi connectivity index (χ2v) is 7.11. The minimum absolute atomic E-state index is 0.0105. The average molecular weight is 375 g/mol. The van der Waals surface area contributed by atoms with E-state index < -0.39 is 0 Å². The summed E-state index contributed by atoms with van der Waals surface area (Å²) in [6.45, 7) is 0.515. The van der Waals surface area contributed by atoms with E-state index in [9.17, 15) is 4.79 Å². The zero-order valence-corrected chi connectivity index (χ0v) is 15.5. The van der Waals surface area contributed by atoms with Crippen LogP contribution in [0.15, 0.2) is 51.4 Å². The summed E-state index contributed by atoms with van der Waals surface area (Å²) < 4.78 is 10.8. The van der Waals surface area contributed by atoms with E-state index in [0.717, 1.165) is 16.2 Å². The Labute approximate surface area is 153 Å². The molecule has 0 saturated heterocycles. The first kappa shape index (κ1) is 17.5. The number of amides is 1. The Morgan fingerprint density at radius 2 is 2.20 bits per heavy atom. The number of ether oxygens (including phenoxy) is 1. The molecule has 2 aromatic heterocycles. The minimum Gasteiger partial charge on any atom is -0.497 e. The molecule has 1 amide bonds. The van der Waals surface area contributed by atoms with E-state index in [4.69, 9.17) is 9.15 Å². The average Bonchev–Trinajstić information content (AvgIpc) is 3.31. The Morgan fingerprint density at radius 1 is 1.32 bits per heavy atom. The first-order valence-electron chi connectivity index (χ1n) is 7.53. The maximum absolute atomic E-state index is 12.3. The SMILES string of the molecule is COc1cccc(CN(C)C(=O)CSc2nnc(-c3cccs3)o2)c1. The Morgan fingerprint density at radius 3 is 2.96 bits per heavy atom. The maximum Gasteiger partial charge on any atom is 0.277 e. The summed E-state index contributed by atoms with van der Waals surface area (Å²) in [5.41, 5.74) is 1.01. The molecule has 3 rings (SSSR count). The quantitative estimate of drug-likeness (QED) is 0.588.